The summed E-state index contributed by atoms with van der Waals surface area (Å²) in [5.74, 6) is 0.931. The molecule has 0 N–H and O–H groups in total. The lowest BCUT2D eigenvalue weighted by Crippen LogP contribution is -1.93. The molecule has 1 nitrogen and oxygen atoms in total. The van der Waals surface area contributed by atoms with Crippen molar-refractivity contribution in [2.24, 2.45) is 0 Å². The third-order valence-electron chi connectivity index (χ3n) is 1.30. The van der Waals surface area contributed by atoms with Crippen LogP contribution in [0.4, 0.5) is 0 Å². The first-order valence-corrected chi connectivity index (χ1v) is 4.56. The van der Waals surface area contributed by atoms with Crippen LogP contribution in [0, 0.1) is 10.5 Å². The van der Waals surface area contributed by atoms with E-state index in [1.165, 1.54) is 0 Å². The van der Waals surface area contributed by atoms with Gasteiger partial charge < -0.3 is 4.74 Å². The maximum atomic E-state index is 5.37. The molecule has 0 atom stereocenters. The second-order valence-electron chi connectivity index (χ2n) is 2.20. The fraction of sp³-hybridized carbons (Fsp3) is 0.222. The predicted octanol–water partition coefficient (Wildman–Crippen LogP) is 2.87. The summed E-state index contributed by atoms with van der Waals surface area (Å²) >= 11 is 2.25. The number of halogens is 1. The minimum absolute atomic E-state index is 0.708. The van der Waals surface area contributed by atoms with Gasteiger partial charge >= 0.3 is 0 Å². The smallest absolute Gasteiger partial charge is 0.132 e. The lowest BCUT2D eigenvalue weighted by Gasteiger charge is -2.05. The first-order valence-electron chi connectivity index (χ1n) is 3.48. The molecular weight excluding hydrogens is 251 g/mol. The summed E-state index contributed by atoms with van der Waals surface area (Å²) in [6.45, 7) is 6.51. The van der Waals surface area contributed by atoms with Gasteiger partial charge in [-0.3, -0.25) is 0 Å². The Labute approximate surface area is 80.9 Å². The molecule has 11 heavy (non-hydrogen) atoms. The lowest BCUT2D eigenvalue weighted by atomic mass is 10.2. The highest BCUT2D eigenvalue weighted by molar-refractivity contribution is 14.1. The van der Waals surface area contributed by atoms with Gasteiger partial charge in [-0.25, -0.2) is 0 Å². The third kappa shape index (κ3) is 2.36. The van der Waals surface area contributed by atoms with Crippen LogP contribution in [0.25, 0.3) is 0 Å². The average Bonchev–Trinajstić information content (AvgIpc) is 1.98. The number of rotatable bonds is 2. The highest BCUT2D eigenvalue weighted by atomic mass is 127. The Bertz CT molecular complexity index is 245. The molecule has 1 aromatic carbocycles. The van der Waals surface area contributed by atoms with Crippen molar-refractivity contribution in [2.45, 2.75) is 6.92 Å². The van der Waals surface area contributed by atoms with Crippen LogP contribution in [0.15, 0.2) is 18.2 Å². The van der Waals surface area contributed by atoms with Gasteiger partial charge in [0.1, 0.15) is 5.75 Å². The van der Waals surface area contributed by atoms with Crippen molar-refractivity contribution < 1.29 is 4.74 Å². The summed E-state index contributed by atoms with van der Waals surface area (Å²) in [6, 6.07) is 5.93. The standard InChI is InChI=1S/C9H10IO/c1-3-11-9-6-7(2)4-5-8(9)10/h4-6H,2-3H2,1H3. The maximum absolute atomic E-state index is 5.37. The number of hydrogen-bond donors (Lipinski definition) is 0. The minimum Gasteiger partial charge on any atom is -0.493 e. The Morgan fingerprint density at radius 1 is 1.55 bits per heavy atom. The number of benzene rings is 1. The monoisotopic (exact) mass is 261 g/mol. The van der Waals surface area contributed by atoms with Crippen molar-refractivity contribution in [3.63, 3.8) is 0 Å². The molecule has 0 aromatic heterocycles. The van der Waals surface area contributed by atoms with E-state index < -0.39 is 0 Å². The molecule has 0 aliphatic rings. The zero-order valence-corrected chi connectivity index (χ0v) is 8.59. The fourth-order valence-electron chi connectivity index (χ4n) is 0.814. The van der Waals surface area contributed by atoms with Crippen molar-refractivity contribution in [3.05, 3.63) is 34.3 Å². The quantitative estimate of drug-likeness (QED) is 0.744. The molecule has 0 bridgehead atoms. The summed E-state index contributed by atoms with van der Waals surface area (Å²) in [5.41, 5.74) is 0.994. The molecular formula is C9H10IO. The van der Waals surface area contributed by atoms with Crippen LogP contribution < -0.4 is 4.74 Å². The average molecular weight is 261 g/mol. The van der Waals surface area contributed by atoms with Gasteiger partial charge in [-0.1, -0.05) is 6.07 Å². The largest absolute Gasteiger partial charge is 0.493 e. The first-order chi connectivity index (χ1) is 5.24. The molecule has 0 aliphatic carbocycles. The molecule has 0 saturated heterocycles. The molecule has 0 aliphatic heterocycles. The summed E-state index contributed by atoms with van der Waals surface area (Å²) in [5, 5.41) is 0. The van der Waals surface area contributed by atoms with Crippen LogP contribution in [-0.4, -0.2) is 6.61 Å². The molecule has 1 radical (unpaired) electrons. The molecule has 2 heteroatoms. The van der Waals surface area contributed by atoms with Crippen LogP contribution in [-0.2, 0) is 0 Å². The van der Waals surface area contributed by atoms with Gasteiger partial charge in [0.15, 0.2) is 0 Å². The highest BCUT2D eigenvalue weighted by Gasteiger charge is 1.98. The van der Waals surface area contributed by atoms with Crippen molar-refractivity contribution in [3.8, 4) is 5.75 Å². The molecule has 0 fully saturated rings. The van der Waals surface area contributed by atoms with E-state index in [0.717, 1.165) is 14.9 Å². The van der Waals surface area contributed by atoms with E-state index >= 15 is 0 Å². The molecule has 0 amide bonds. The summed E-state index contributed by atoms with van der Waals surface area (Å²) in [7, 11) is 0. The van der Waals surface area contributed by atoms with Crippen molar-refractivity contribution in [1.29, 1.82) is 0 Å². The van der Waals surface area contributed by atoms with E-state index in [9.17, 15) is 0 Å². The SMILES string of the molecule is [CH2]c1ccc(I)c(OCC)c1. The van der Waals surface area contributed by atoms with Crippen molar-refractivity contribution in [2.75, 3.05) is 6.61 Å². The molecule has 1 aromatic rings. The van der Waals surface area contributed by atoms with Gasteiger partial charge in [0, 0.05) is 0 Å². The zero-order valence-electron chi connectivity index (χ0n) is 6.43. The van der Waals surface area contributed by atoms with Crippen LogP contribution in [0.5, 0.6) is 5.75 Å². The normalized spacial score (nSPS) is 9.73. The van der Waals surface area contributed by atoms with Gasteiger partial charge in [0.2, 0.25) is 0 Å². The van der Waals surface area contributed by atoms with E-state index in [0.29, 0.717) is 6.61 Å². The van der Waals surface area contributed by atoms with Crippen LogP contribution in [0.2, 0.25) is 0 Å². The van der Waals surface area contributed by atoms with E-state index in [2.05, 4.69) is 29.5 Å². The molecule has 0 unspecified atom stereocenters. The van der Waals surface area contributed by atoms with Gasteiger partial charge in [0.05, 0.1) is 10.2 Å². The second kappa shape index (κ2) is 3.95. The third-order valence-corrected chi connectivity index (χ3v) is 2.19. The molecule has 0 spiro atoms. The topological polar surface area (TPSA) is 9.23 Å². The number of ether oxygens (including phenoxy) is 1. The maximum Gasteiger partial charge on any atom is 0.132 e. The molecule has 1 rings (SSSR count). The van der Waals surface area contributed by atoms with Gasteiger partial charge in [-0.2, -0.15) is 0 Å². The van der Waals surface area contributed by atoms with Gasteiger partial charge in [-0.15, -0.1) is 0 Å². The molecule has 59 valence electrons. The van der Waals surface area contributed by atoms with E-state index in [4.69, 9.17) is 4.74 Å². The number of hydrogen-bond acceptors (Lipinski definition) is 1. The first kappa shape index (κ1) is 8.84. The molecule has 0 heterocycles. The van der Waals surface area contributed by atoms with Crippen molar-refractivity contribution >= 4 is 22.6 Å². The summed E-state index contributed by atoms with van der Waals surface area (Å²) < 4.78 is 6.51. The Balaban J connectivity index is 2.93. The van der Waals surface area contributed by atoms with E-state index in [1.807, 2.05) is 25.1 Å². The van der Waals surface area contributed by atoms with Crippen LogP contribution in [0.1, 0.15) is 12.5 Å². The van der Waals surface area contributed by atoms with Gasteiger partial charge in [-0.05, 0) is 54.1 Å². The lowest BCUT2D eigenvalue weighted by molar-refractivity contribution is 0.338. The van der Waals surface area contributed by atoms with E-state index in [1.54, 1.807) is 0 Å². The van der Waals surface area contributed by atoms with Crippen LogP contribution >= 0.6 is 22.6 Å². The Kier molecular flexibility index (Phi) is 3.17. The second-order valence-corrected chi connectivity index (χ2v) is 3.36. The minimum atomic E-state index is 0.708. The van der Waals surface area contributed by atoms with Crippen molar-refractivity contribution in [1.82, 2.24) is 0 Å². The molecule has 0 saturated carbocycles. The van der Waals surface area contributed by atoms with Crippen LogP contribution in [0.3, 0.4) is 0 Å². The Hall–Kier alpha value is -0.250. The van der Waals surface area contributed by atoms with Gasteiger partial charge in [0.25, 0.3) is 0 Å². The Morgan fingerprint density at radius 2 is 2.27 bits per heavy atom. The fourth-order valence-corrected chi connectivity index (χ4v) is 1.31. The zero-order chi connectivity index (χ0) is 8.27. The summed E-state index contributed by atoms with van der Waals surface area (Å²) in [6.07, 6.45) is 0. The summed E-state index contributed by atoms with van der Waals surface area (Å²) in [4.78, 5) is 0. The predicted molar refractivity (Wildman–Crippen MR) is 54.8 cm³/mol. The highest BCUT2D eigenvalue weighted by Crippen LogP contribution is 2.21. The Morgan fingerprint density at radius 3 is 2.91 bits per heavy atom. The van der Waals surface area contributed by atoms with E-state index in [-0.39, 0.29) is 0 Å².